The molecule has 0 aliphatic heterocycles. The van der Waals surface area contributed by atoms with Crippen LogP contribution in [-0.2, 0) is 11.2 Å². The van der Waals surface area contributed by atoms with E-state index in [4.69, 9.17) is 5.11 Å². The van der Waals surface area contributed by atoms with Gasteiger partial charge in [-0.2, -0.15) is 0 Å². The van der Waals surface area contributed by atoms with E-state index in [-0.39, 0.29) is 6.42 Å². The van der Waals surface area contributed by atoms with Crippen molar-refractivity contribution >= 4 is 5.97 Å². The van der Waals surface area contributed by atoms with Crippen LogP contribution in [0.2, 0.25) is 0 Å². The summed E-state index contributed by atoms with van der Waals surface area (Å²) in [7, 11) is 0. The van der Waals surface area contributed by atoms with Crippen LogP contribution in [0.5, 0.6) is 0 Å². The van der Waals surface area contributed by atoms with Crippen molar-refractivity contribution in [2.45, 2.75) is 32.6 Å². The van der Waals surface area contributed by atoms with Crippen LogP contribution < -0.4 is 0 Å². The van der Waals surface area contributed by atoms with Gasteiger partial charge in [0.15, 0.2) is 0 Å². The van der Waals surface area contributed by atoms with Gasteiger partial charge in [-0.25, -0.2) is 0 Å². The molecule has 0 fully saturated rings. The number of allylic oxidation sites excluding steroid dienone is 2. The van der Waals surface area contributed by atoms with E-state index in [1.807, 2.05) is 6.08 Å². The van der Waals surface area contributed by atoms with Crippen LogP contribution in [0.4, 0.5) is 0 Å². The molecular weight excluding hydrogens is 200 g/mol. The third-order valence-electron chi connectivity index (χ3n) is 2.41. The summed E-state index contributed by atoms with van der Waals surface area (Å²) in [6, 6.07) is 8.51. The molecular formula is C14H18O2. The van der Waals surface area contributed by atoms with Gasteiger partial charge in [-0.15, -0.1) is 0 Å². The van der Waals surface area contributed by atoms with Gasteiger partial charge in [0.1, 0.15) is 0 Å². The summed E-state index contributed by atoms with van der Waals surface area (Å²) in [5, 5.41) is 8.44. The van der Waals surface area contributed by atoms with Crippen LogP contribution in [0.15, 0.2) is 36.4 Å². The van der Waals surface area contributed by atoms with E-state index in [0.717, 1.165) is 12.8 Å². The maximum Gasteiger partial charge on any atom is 0.303 e. The topological polar surface area (TPSA) is 37.3 Å². The van der Waals surface area contributed by atoms with E-state index in [9.17, 15) is 4.79 Å². The third-order valence-corrected chi connectivity index (χ3v) is 2.41. The van der Waals surface area contributed by atoms with Crippen LogP contribution in [0, 0.1) is 6.92 Å². The quantitative estimate of drug-likeness (QED) is 0.743. The van der Waals surface area contributed by atoms with Gasteiger partial charge < -0.3 is 5.11 Å². The lowest BCUT2D eigenvalue weighted by atomic mass is 10.1. The number of aryl methyl sites for hydroxylation is 2. The van der Waals surface area contributed by atoms with Crippen molar-refractivity contribution in [1.82, 2.24) is 0 Å². The molecule has 0 heterocycles. The summed E-state index contributed by atoms with van der Waals surface area (Å²) >= 11 is 0. The van der Waals surface area contributed by atoms with Crippen LogP contribution in [0.3, 0.4) is 0 Å². The Hall–Kier alpha value is -1.57. The lowest BCUT2D eigenvalue weighted by molar-refractivity contribution is -0.136. The second-order valence-corrected chi connectivity index (χ2v) is 3.93. The minimum atomic E-state index is -0.733. The van der Waals surface area contributed by atoms with Crippen molar-refractivity contribution < 1.29 is 9.90 Å². The van der Waals surface area contributed by atoms with Crippen LogP contribution in [-0.4, -0.2) is 11.1 Å². The van der Waals surface area contributed by atoms with Crippen LogP contribution >= 0.6 is 0 Å². The summed E-state index contributed by atoms with van der Waals surface area (Å²) in [4.78, 5) is 10.3. The van der Waals surface area contributed by atoms with Gasteiger partial charge in [0.25, 0.3) is 0 Å². The SMILES string of the molecule is Cc1ccc(CC/C=C/CCC(=O)O)cc1. The zero-order valence-corrected chi connectivity index (χ0v) is 9.65. The molecule has 0 aliphatic carbocycles. The largest absolute Gasteiger partial charge is 0.481 e. The van der Waals surface area contributed by atoms with Crippen molar-refractivity contribution in [2.24, 2.45) is 0 Å². The maximum absolute atomic E-state index is 10.3. The van der Waals surface area contributed by atoms with Crippen molar-refractivity contribution in [3.05, 3.63) is 47.5 Å². The number of benzene rings is 1. The van der Waals surface area contributed by atoms with E-state index in [2.05, 4.69) is 37.3 Å². The first kappa shape index (κ1) is 12.5. The highest BCUT2D eigenvalue weighted by Gasteiger charge is 1.92. The highest BCUT2D eigenvalue weighted by Crippen LogP contribution is 2.06. The number of rotatable bonds is 6. The molecule has 0 aromatic heterocycles. The molecule has 86 valence electrons. The second-order valence-electron chi connectivity index (χ2n) is 3.93. The molecule has 0 spiro atoms. The molecule has 1 N–H and O–H groups in total. The Labute approximate surface area is 96.6 Å². The summed E-state index contributed by atoms with van der Waals surface area (Å²) in [5.41, 5.74) is 2.61. The van der Waals surface area contributed by atoms with Gasteiger partial charge in [0.2, 0.25) is 0 Å². The molecule has 0 aliphatic rings. The van der Waals surface area contributed by atoms with Crippen molar-refractivity contribution in [3.63, 3.8) is 0 Å². The van der Waals surface area contributed by atoms with Gasteiger partial charge in [-0.05, 0) is 31.7 Å². The Balaban J connectivity index is 2.20. The number of hydrogen-bond donors (Lipinski definition) is 1. The van der Waals surface area contributed by atoms with E-state index >= 15 is 0 Å². The summed E-state index contributed by atoms with van der Waals surface area (Å²) in [6.45, 7) is 2.08. The van der Waals surface area contributed by atoms with Gasteiger partial charge in [0, 0.05) is 6.42 Å². The monoisotopic (exact) mass is 218 g/mol. The van der Waals surface area contributed by atoms with Crippen LogP contribution in [0.1, 0.15) is 30.4 Å². The zero-order valence-electron chi connectivity index (χ0n) is 9.65. The maximum atomic E-state index is 10.3. The predicted molar refractivity (Wildman–Crippen MR) is 65.5 cm³/mol. The van der Waals surface area contributed by atoms with E-state index in [1.54, 1.807) is 0 Å². The standard InChI is InChI=1S/C14H18O2/c1-12-8-10-13(11-9-12)6-4-2-3-5-7-14(15)16/h2-3,8-11H,4-7H2,1H3,(H,15,16)/b3-2+. The molecule has 16 heavy (non-hydrogen) atoms. The lowest BCUT2D eigenvalue weighted by Gasteiger charge is -1.98. The minimum Gasteiger partial charge on any atom is -0.481 e. The third kappa shape index (κ3) is 5.35. The Kier molecular flexibility index (Phi) is 5.34. The first-order valence-corrected chi connectivity index (χ1v) is 5.61. The molecule has 1 aromatic rings. The molecule has 0 amide bonds. The Morgan fingerprint density at radius 2 is 1.81 bits per heavy atom. The second kappa shape index (κ2) is 6.83. The number of carboxylic acid groups (broad SMARTS) is 1. The van der Waals surface area contributed by atoms with Crippen molar-refractivity contribution in [2.75, 3.05) is 0 Å². The van der Waals surface area contributed by atoms with E-state index in [0.29, 0.717) is 6.42 Å². The number of hydrogen-bond acceptors (Lipinski definition) is 1. The molecule has 1 aromatic carbocycles. The molecule has 0 bridgehead atoms. The number of carbonyl (C=O) groups is 1. The molecule has 0 radical (unpaired) electrons. The Morgan fingerprint density at radius 3 is 2.44 bits per heavy atom. The first-order valence-electron chi connectivity index (χ1n) is 5.61. The van der Waals surface area contributed by atoms with Crippen LogP contribution in [0.25, 0.3) is 0 Å². The average Bonchev–Trinajstić information content (AvgIpc) is 2.25. The molecule has 0 unspecified atom stereocenters. The molecule has 0 saturated carbocycles. The highest BCUT2D eigenvalue weighted by atomic mass is 16.4. The van der Waals surface area contributed by atoms with Gasteiger partial charge >= 0.3 is 5.97 Å². The first-order chi connectivity index (χ1) is 7.68. The smallest absolute Gasteiger partial charge is 0.303 e. The molecule has 1 rings (SSSR count). The zero-order chi connectivity index (χ0) is 11.8. The fraction of sp³-hybridized carbons (Fsp3) is 0.357. The number of aliphatic carboxylic acids is 1. The van der Waals surface area contributed by atoms with E-state index in [1.165, 1.54) is 11.1 Å². The Bertz CT molecular complexity index is 350. The molecule has 0 atom stereocenters. The average molecular weight is 218 g/mol. The summed E-state index contributed by atoms with van der Waals surface area (Å²) in [6.07, 6.45) is 6.85. The molecule has 2 heteroatoms. The summed E-state index contributed by atoms with van der Waals surface area (Å²) < 4.78 is 0. The molecule has 2 nitrogen and oxygen atoms in total. The van der Waals surface area contributed by atoms with Gasteiger partial charge in [-0.3, -0.25) is 4.79 Å². The predicted octanol–water partition coefficient (Wildman–Crippen LogP) is 3.35. The highest BCUT2D eigenvalue weighted by molar-refractivity contribution is 5.66. The van der Waals surface area contributed by atoms with Crippen molar-refractivity contribution in [3.8, 4) is 0 Å². The molecule has 0 saturated heterocycles. The minimum absolute atomic E-state index is 0.223. The fourth-order valence-electron chi connectivity index (χ4n) is 1.45. The van der Waals surface area contributed by atoms with E-state index < -0.39 is 5.97 Å². The number of carboxylic acids is 1. The normalized spacial score (nSPS) is 10.8. The van der Waals surface area contributed by atoms with Crippen molar-refractivity contribution in [1.29, 1.82) is 0 Å². The Morgan fingerprint density at radius 1 is 1.19 bits per heavy atom. The summed E-state index contributed by atoms with van der Waals surface area (Å²) in [5.74, 6) is -0.733. The van der Waals surface area contributed by atoms with Gasteiger partial charge in [0.05, 0.1) is 0 Å². The lowest BCUT2D eigenvalue weighted by Crippen LogP contribution is -1.91. The fourth-order valence-corrected chi connectivity index (χ4v) is 1.45. The van der Waals surface area contributed by atoms with Gasteiger partial charge in [-0.1, -0.05) is 42.0 Å².